The average Bonchev–Trinajstić information content (AvgIpc) is 2.88. The van der Waals surface area contributed by atoms with Gasteiger partial charge in [0.1, 0.15) is 5.75 Å². The van der Waals surface area contributed by atoms with Crippen LogP contribution in [0.3, 0.4) is 0 Å². The van der Waals surface area contributed by atoms with E-state index in [2.05, 4.69) is 4.90 Å². The Morgan fingerprint density at radius 2 is 1.61 bits per heavy atom. The van der Waals surface area contributed by atoms with E-state index in [1.165, 1.54) is 23.6 Å². The van der Waals surface area contributed by atoms with Gasteiger partial charge in [0.05, 0.1) is 29.6 Å². The number of hydrogen-bond acceptors (Lipinski definition) is 4. The SMILES string of the molecule is O=S(=O)(Cc1ccccc1)N(Cc1ccccc1OCCCN1CCCCC1)c1cc(Cl)ccc1Cl. The summed E-state index contributed by atoms with van der Waals surface area (Å²) in [5, 5.41) is 0.729. The Morgan fingerprint density at radius 3 is 2.39 bits per heavy atom. The molecule has 3 aromatic rings. The summed E-state index contributed by atoms with van der Waals surface area (Å²) < 4.78 is 34.9. The van der Waals surface area contributed by atoms with Gasteiger partial charge in [-0.05, 0) is 62.2 Å². The van der Waals surface area contributed by atoms with E-state index in [1.54, 1.807) is 30.3 Å². The van der Waals surface area contributed by atoms with E-state index in [0.29, 0.717) is 33.7 Å². The number of sulfonamides is 1. The van der Waals surface area contributed by atoms with Gasteiger partial charge in [-0.1, -0.05) is 78.2 Å². The van der Waals surface area contributed by atoms with Crippen molar-refractivity contribution in [2.75, 3.05) is 30.5 Å². The molecule has 1 aliphatic heterocycles. The number of rotatable bonds is 11. The monoisotopic (exact) mass is 546 g/mol. The van der Waals surface area contributed by atoms with Crippen LogP contribution >= 0.6 is 23.2 Å². The van der Waals surface area contributed by atoms with E-state index in [4.69, 9.17) is 27.9 Å². The molecule has 0 amide bonds. The van der Waals surface area contributed by atoms with Crippen molar-refractivity contribution >= 4 is 38.9 Å². The number of likely N-dealkylation sites (tertiary alicyclic amines) is 1. The molecule has 0 spiro atoms. The topological polar surface area (TPSA) is 49.9 Å². The van der Waals surface area contributed by atoms with Gasteiger partial charge >= 0.3 is 0 Å². The molecule has 0 unspecified atom stereocenters. The second-order valence-corrected chi connectivity index (χ2v) is 11.8. The molecule has 0 bridgehead atoms. The van der Waals surface area contributed by atoms with Gasteiger partial charge in [-0.2, -0.15) is 0 Å². The minimum Gasteiger partial charge on any atom is -0.493 e. The third-order valence-electron chi connectivity index (χ3n) is 6.32. The molecule has 4 rings (SSSR count). The molecule has 5 nitrogen and oxygen atoms in total. The molecular weight excluding hydrogens is 515 g/mol. The summed E-state index contributed by atoms with van der Waals surface area (Å²) in [4.78, 5) is 2.48. The lowest BCUT2D eigenvalue weighted by Gasteiger charge is -2.27. The normalized spacial score (nSPS) is 14.5. The molecule has 0 radical (unpaired) electrons. The lowest BCUT2D eigenvalue weighted by Crippen LogP contribution is -2.32. The van der Waals surface area contributed by atoms with E-state index >= 15 is 0 Å². The largest absolute Gasteiger partial charge is 0.493 e. The first kappa shape index (κ1) is 26.8. The highest BCUT2D eigenvalue weighted by atomic mass is 35.5. The third-order valence-corrected chi connectivity index (χ3v) is 8.57. The molecule has 1 aliphatic rings. The lowest BCUT2D eigenvalue weighted by atomic mass is 10.1. The smallest absolute Gasteiger partial charge is 0.239 e. The van der Waals surface area contributed by atoms with Crippen LogP contribution in [0, 0.1) is 0 Å². The molecule has 0 aromatic heterocycles. The fraction of sp³-hybridized carbons (Fsp3) is 0.357. The van der Waals surface area contributed by atoms with Gasteiger partial charge in [-0.15, -0.1) is 0 Å². The van der Waals surface area contributed by atoms with Gasteiger partial charge in [0.25, 0.3) is 0 Å². The molecule has 0 saturated carbocycles. The zero-order valence-electron chi connectivity index (χ0n) is 20.3. The van der Waals surface area contributed by atoms with E-state index < -0.39 is 10.0 Å². The second kappa shape index (κ2) is 12.8. The maximum absolute atomic E-state index is 13.7. The fourth-order valence-corrected chi connectivity index (χ4v) is 6.45. The number of anilines is 1. The Labute approximate surface area is 224 Å². The van der Waals surface area contributed by atoms with Crippen LogP contribution in [-0.2, 0) is 22.3 Å². The van der Waals surface area contributed by atoms with Crippen molar-refractivity contribution in [3.63, 3.8) is 0 Å². The van der Waals surface area contributed by atoms with Crippen molar-refractivity contribution in [3.8, 4) is 5.75 Å². The predicted molar refractivity (Wildman–Crippen MR) is 149 cm³/mol. The molecule has 3 aromatic carbocycles. The highest BCUT2D eigenvalue weighted by Gasteiger charge is 2.26. The first-order valence-corrected chi connectivity index (χ1v) is 14.7. The predicted octanol–water partition coefficient (Wildman–Crippen LogP) is 6.78. The van der Waals surface area contributed by atoms with Crippen molar-refractivity contribution in [3.05, 3.63) is 94.0 Å². The van der Waals surface area contributed by atoms with Gasteiger partial charge in [0, 0.05) is 17.1 Å². The molecule has 1 fully saturated rings. The Morgan fingerprint density at radius 1 is 0.889 bits per heavy atom. The van der Waals surface area contributed by atoms with E-state index in [0.717, 1.165) is 31.6 Å². The highest BCUT2D eigenvalue weighted by Crippen LogP contribution is 2.34. The highest BCUT2D eigenvalue weighted by molar-refractivity contribution is 7.92. The van der Waals surface area contributed by atoms with Gasteiger partial charge in [0.2, 0.25) is 10.0 Å². The molecule has 0 N–H and O–H groups in total. The number of nitrogens with zero attached hydrogens (tertiary/aromatic N) is 2. The van der Waals surface area contributed by atoms with Gasteiger partial charge in [-0.25, -0.2) is 8.42 Å². The first-order chi connectivity index (χ1) is 17.4. The third kappa shape index (κ3) is 7.39. The van der Waals surface area contributed by atoms with E-state index in [9.17, 15) is 8.42 Å². The Kier molecular flexibility index (Phi) is 9.54. The Hall–Kier alpha value is -2.25. The minimum atomic E-state index is -3.79. The van der Waals surface area contributed by atoms with Crippen LogP contribution in [0.25, 0.3) is 0 Å². The zero-order valence-corrected chi connectivity index (χ0v) is 22.6. The minimum absolute atomic E-state index is 0.0809. The van der Waals surface area contributed by atoms with Crippen LogP contribution in [0.1, 0.15) is 36.8 Å². The van der Waals surface area contributed by atoms with Crippen molar-refractivity contribution in [2.24, 2.45) is 0 Å². The van der Waals surface area contributed by atoms with Gasteiger partial charge < -0.3 is 9.64 Å². The summed E-state index contributed by atoms with van der Waals surface area (Å²) in [5.41, 5.74) is 1.81. The molecule has 0 aliphatic carbocycles. The summed E-state index contributed by atoms with van der Waals surface area (Å²) in [6.07, 6.45) is 4.78. The quantitative estimate of drug-likeness (QED) is 0.248. The van der Waals surface area contributed by atoms with E-state index in [-0.39, 0.29) is 12.3 Å². The van der Waals surface area contributed by atoms with Crippen LogP contribution in [0.15, 0.2) is 72.8 Å². The van der Waals surface area contributed by atoms with Gasteiger partial charge in [0.15, 0.2) is 0 Å². The molecule has 1 saturated heterocycles. The molecule has 36 heavy (non-hydrogen) atoms. The summed E-state index contributed by atoms with van der Waals surface area (Å²) in [6.45, 7) is 3.98. The van der Waals surface area contributed by atoms with Crippen LogP contribution in [0.2, 0.25) is 10.0 Å². The average molecular weight is 548 g/mol. The molecule has 8 heteroatoms. The van der Waals surface area contributed by atoms with Crippen LogP contribution < -0.4 is 9.04 Å². The summed E-state index contributed by atoms with van der Waals surface area (Å²) in [7, 11) is -3.79. The molecule has 192 valence electrons. The standard InChI is InChI=1S/C28H32Cl2N2O3S/c29-25-14-15-26(30)27(20-25)32(36(33,34)22-23-10-3-1-4-11-23)21-24-12-5-6-13-28(24)35-19-9-18-31-16-7-2-8-17-31/h1,3-6,10-15,20H,2,7-9,16-19,21-22H2. The number of hydrogen-bond donors (Lipinski definition) is 0. The summed E-state index contributed by atoms with van der Waals surface area (Å²) in [6, 6.07) is 21.5. The maximum Gasteiger partial charge on any atom is 0.239 e. The summed E-state index contributed by atoms with van der Waals surface area (Å²) in [5.74, 6) is 0.518. The number of para-hydroxylation sites is 1. The van der Waals surface area contributed by atoms with Crippen LogP contribution in [-0.4, -0.2) is 39.6 Å². The lowest BCUT2D eigenvalue weighted by molar-refractivity contribution is 0.204. The van der Waals surface area contributed by atoms with Crippen LogP contribution in [0.5, 0.6) is 5.75 Å². The first-order valence-electron chi connectivity index (χ1n) is 12.3. The van der Waals surface area contributed by atoms with E-state index in [1.807, 2.05) is 42.5 Å². The van der Waals surface area contributed by atoms with Crippen molar-refractivity contribution in [1.29, 1.82) is 0 Å². The Bertz CT molecular complexity index is 1230. The van der Waals surface area contributed by atoms with Crippen molar-refractivity contribution < 1.29 is 13.2 Å². The molecular formula is C28H32Cl2N2O3S. The number of piperidine rings is 1. The molecule has 0 atom stereocenters. The van der Waals surface area contributed by atoms with Crippen molar-refractivity contribution in [2.45, 2.75) is 38.0 Å². The summed E-state index contributed by atoms with van der Waals surface area (Å²) >= 11 is 12.7. The second-order valence-electron chi connectivity index (χ2n) is 9.06. The Balaban J connectivity index is 1.54. The number of halogens is 2. The number of ether oxygens (including phenoxy) is 1. The fourth-order valence-electron chi connectivity index (χ4n) is 4.46. The zero-order chi connectivity index (χ0) is 25.4. The van der Waals surface area contributed by atoms with Gasteiger partial charge in [-0.3, -0.25) is 4.31 Å². The molecule has 1 heterocycles. The number of benzene rings is 3. The maximum atomic E-state index is 13.7. The van der Waals surface area contributed by atoms with Crippen LogP contribution in [0.4, 0.5) is 5.69 Å². The van der Waals surface area contributed by atoms with Crippen molar-refractivity contribution in [1.82, 2.24) is 4.90 Å².